The molecule has 1 aromatic carbocycles. The van der Waals surface area contributed by atoms with Crippen LogP contribution in [0, 0.1) is 17.7 Å². The Balaban J connectivity index is 2.29. The molecule has 0 fully saturated rings. The quantitative estimate of drug-likeness (QED) is 0.187. The molecule has 0 radical (unpaired) electrons. The first kappa shape index (κ1) is 34.6. The number of methoxy groups -OCH3 is 1. The van der Waals surface area contributed by atoms with Gasteiger partial charge in [-0.2, -0.15) is 0 Å². The highest BCUT2D eigenvalue weighted by Crippen LogP contribution is 2.30. The molecule has 12 heteroatoms. The zero-order chi connectivity index (χ0) is 31.4. The normalized spacial score (nSPS) is 13.2. The van der Waals surface area contributed by atoms with Crippen molar-refractivity contribution >= 4 is 29.4 Å². The Hall–Kier alpha value is -3.60. The van der Waals surface area contributed by atoms with Crippen molar-refractivity contribution in [2.45, 2.75) is 79.1 Å². The number of esters is 2. The molecule has 1 aromatic heterocycles. The minimum absolute atomic E-state index is 0.0108. The molecule has 232 valence electrons. The van der Waals surface area contributed by atoms with Crippen molar-refractivity contribution in [1.82, 2.24) is 10.3 Å². The van der Waals surface area contributed by atoms with Crippen molar-refractivity contribution in [3.63, 3.8) is 0 Å². The molecule has 1 heterocycles. The van der Waals surface area contributed by atoms with E-state index >= 15 is 0 Å². The number of rotatable bonds is 16. The highest BCUT2D eigenvalue weighted by atomic mass is 35.5. The molecule has 1 amide bonds. The van der Waals surface area contributed by atoms with E-state index in [1.165, 1.54) is 44.5 Å². The maximum atomic E-state index is 14.0. The van der Waals surface area contributed by atoms with Crippen LogP contribution in [0.1, 0.15) is 71.3 Å². The van der Waals surface area contributed by atoms with E-state index in [1.807, 2.05) is 27.7 Å². The van der Waals surface area contributed by atoms with Gasteiger partial charge in [0.25, 0.3) is 5.91 Å². The average Bonchev–Trinajstić information content (AvgIpc) is 2.91. The predicted octanol–water partition coefficient (Wildman–Crippen LogP) is 5.74. The molecule has 2 aromatic rings. The van der Waals surface area contributed by atoms with Gasteiger partial charge in [0.15, 0.2) is 17.2 Å². The number of benzene rings is 1. The Morgan fingerprint density at radius 3 is 2.36 bits per heavy atom. The molecule has 0 bridgehead atoms. The molecule has 0 saturated carbocycles. The summed E-state index contributed by atoms with van der Waals surface area (Å²) in [5, 5.41) is 2.87. The summed E-state index contributed by atoms with van der Waals surface area (Å²) in [6.45, 7) is 10.2. The second-order valence-corrected chi connectivity index (χ2v) is 10.6. The molecule has 42 heavy (non-hydrogen) atoms. The van der Waals surface area contributed by atoms with Gasteiger partial charge < -0.3 is 29.0 Å². The summed E-state index contributed by atoms with van der Waals surface area (Å²) >= 11 is 6.02. The first-order valence-corrected chi connectivity index (χ1v) is 14.2. The van der Waals surface area contributed by atoms with Gasteiger partial charge in [0.05, 0.1) is 7.11 Å². The Labute approximate surface area is 251 Å². The van der Waals surface area contributed by atoms with Gasteiger partial charge in [-0.3, -0.25) is 9.59 Å². The molecule has 0 unspecified atom stereocenters. The third-order valence-corrected chi connectivity index (χ3v) is 6.67. The van der Waals surface area contributed by atoms with E-state index in [2.05, 4.69) is 10.3 Å². The highest BCUT2D eigenvalue weighted by Gasteiger charge is 2.33. The van der Waals surface area contributed by atoms with Gasteiger partial charge in [-0.15, -0.1) is 0 Å². The summed E-state index contributed by atoms with van der Waals surface area (Å²) in [4.78, 5) is 42.1. The van der Waals surface area contributed by atoms with Crippen molar-refractivity contribution in [2.75, 3.05) is 13.9 Å². The molecule has 0 aliphatic rings. The average molecular weight is 611 g/mol. The molecule has 10 nitrogen and oxygen atoms in total. The van der Waals surface area contributed by atoms with Gasteiger partial charge in [-0.1, -0.05) is 39.3 Å². The third kappa shape index (κ3) is 10.3. The van der Waals surface area contributed by atoms with Gasteiger partial charge in [-0.25, -0.2) is 14.2 Å². The van der Waals surface area contributed by atoms with E-state index in [9.17, 15) is 18.8 Å². The second kappa shape index (κ2) is 16.7. The first-order valence-electron chi connectivity index (χ1n) is 13.8. The van der Waals surface area contributed by atoms with Crippen LogP contribution in [-0.2, 0) is 19.1 Å². The minimum Gasteiger partial charge on any atom is -0.493 e. The standard InChI is InChI=1S/C30H40ClFN2O8/c1-8-20(9-2)27(42-23-14-21(31)13-22(32)15-23)18(5)41-30(37)24(12-17(3)4)34-29(36)26-28(40-16-39-19(6)35)25(38-7)10-11-33-26/h10-11,13-15,17-18,20,24,27H,8-9,12,16H2,1-7H3,(H,34,36)/t18-,24-,27+/m0/s1. The predicted molar refractivity (Wildman–Crippen MR) is 154 cm³/mol. The number of amides is 1. The summed E-state index contributed by atoms with van der Waals surface area (Å²) in [6, 6.07) is 4.33. The summed E-state index contributed by atoms with van der Waals surface area (Å²) in [5.41, 5.74) is -0.169. The zero-order valence-electron chi connectivity index (χ0n) is 25.1. The zero-order valence-corrected chi connectivity index (χ0v) is 25.8. The third-order valence-electron chi connectivity index (χ3n) is 6.45. The molecule has 0 aliphatic heterocycles. The number of hydrogen-bond acceptors (Lipinski definition) is 9. The van der Waals surface area contributed by atoms with Crippen LogP contribution in [0.4, 0.5) is 4.39 Å². The van der Waals surface area contributed by atoms with Crippen LogP contribution in [0.25, 0.3) is 0 Å². The summed E-state index contributed by atoms with van der Waals surface area (Å²) in [6.07, 6.45) is 1.68. The van der Waals surface area contributed by atoms with Crippen LogP contribution in [0.3, 0.4) is 0 Å². The fourth-order valence-corrected chi connectivity index (χ4v) is 4.60. The van der Waals surface area contributed by atoms with Gasteiger partial charge >= 0.3 is 11.9 Å². The number of carbonyl (C=O) groups is 3. The molecule has 0 aliphatic carbocycles. The summed E-state index contributed by atoms with van der Waals surface area (Å²) in [7, 11) is 1.38. The second-order valence-electron chi connectivity index (χ2n) is 10.2. The molecule has 2 rings (SSSR count). The van der Waals surface area contributed by atoms with E-state index in [0.29, 0.717) is 0 Å². The van der Waals surface area contributed by atoms with Crippen molar-refractivity contribution < 1.29 is 42.5 Å². The van der Waals surface area contributed by atoms with Crippen LogP contribution in [-0.4, -0.2) is 55.0 Å². The van der Waals surface area contributed by atoms with E-state index in [0.717, 1.165) is 12.8 Å². The molecule has 1 N–H and O–H groups in total. The monoisotopic (exact) mass is 610 g/mol. The number of nitrogens with zero attached hydrogens (tertiary/aromatic N) is 1. The Bertz CT molecular complexity index is 1190. The van der Waals surface area contributed by atoms with E-state index in [-0.39, 0.29) is 46.2 Å². The molecular weight excluding hydrogens is 571 g/mol. The Kier molecular flexibility index (Phi) is 13.8. The lowest BCUT2D eigenvalue weighted by Gasteiger charge is -2.32. The van der Waals surface area contributed by atoms with Crippen molar-refractivity contribution in [3.8, 4) is 17.2 Å². The number of halogens is 2. The SMILES string of the molecule is CCC(CC)[C@H](Oc1cc(F)cc(Cl)c1)[C@H](C)OC(=O)[C@H](CC(C)C)NC(=O)c1nccc(OC)c1OCOC(C)=O. The number of carbonyl (C=O) groups excluding carboxylic acids is 3. The Morgan fingerprint density at radius 1 is 1.10 bits per heavy atom. The van der Waals surface area contributed by atoms with E-state index < -0.39 is 48.7 Å². The van der Waals surface area contributed by atoms with Gasteiger partial charge in [0.2, 0.25) is 6.79 Å². The maximum Gasteiger partial charge on any atom is 0.329 e. The van der Waals surface area contributed by atoms with Crippen molar-refractivity contribution in [2.24, 2.45) is 11.8 Å². The first-order chi connectivity index (χ1) is 19.9. The molecule has 0 saturated heterocycles. The van der Waals surface area contributed by atoms with E-state index in [4.69, 9.17) is 35.3 Å². The number of nitrogens with one attached hydrogen (secondary N) is 1. The Morgan fingerprint density at radius 2 is 1.79 bits per heavy atom. The smallest absolute Gasteiger partial charge is 0.329 e. The summed E-state index contributed by atoms with van der Waals surface area (Å²) < 4.78 is 41.5. The lowest BCUT2D eigenvalue weighted by molar-refractivity contribution is -0.157. The fraction of sp³-hybridized carbons (Fsp3) is 0.533. The number of pyridine rings is 1. The van der Waals surface area contributed by atoms with Gasteiger partial charge in [0, 0.05) is 30.3 Å². The van der Waals surface area contributed by atoms with Gasteiger partial charge in [0.1, 0.15) is 29.8 Å². The van der Waals surface area contributed by atoms with Crippen molar-refractivity contribution in [1.29, 1.82) is 0 Å². The lowest BCUT2D eigenvalue weighted by atomic mass is 9.93. The van der Waals surface area contributed by atoms with Crippen LogP contribution in [0.5, 0.6) is 17.2 Å². The van der Waals surface area contributed by atoms with Crippen LogP contribution >= 0.6 is 11.6 Å². The number of aromatic nitrogens is 1. The highest BCUT2D eigenvalue weighted by molar-refractivity contribution is 6.30. The molecule has 0 spiro atoms. The maximum absolute atomic E-state index is 14.0. The lowest BCUT2D eigenvalue weighted by Crippen LogP contribution is -2.47. The minimum atomic E-state index is -1.04. The largest absolute Gasteiger partial charge is 0.493 e. The fourth-order valence-electron chi connectivity index (χ4n) is 4.39. The van der Waals surface area contributed by atoms with Crippen LogP contribution in [0.2, 0.25) is 5.02 Å². The van der Waals surface area contributed by atoms with Crippen molar-refractivity contribution in [3.05, 3.63) is 47.0 Å². The van der Waals surface area contributed by atoms with Gasteiger partial charge in [-0.05, 0) is 50.2 Å². The number of hydrogen-bond donors (Lipinski definition) is 1. The van der Waals surface area contributed by atoms with Crippen LogP contribution in [0.15, 0.2) is 30.5 Å². The van der Waals surface area contributed by atoms with Crippen LogP contribution < -0.4 is 19.5 Å². The summed E-state index contributed by atoms with van der Waals surface area (Å²) in [5.74, 6) is -2.18. The van der Waals surface area contributed by atoms with E-state index in [1.54, 1.807) is 6.92 Å². The number of ether oxygens (including phenoxy) is 5. The molecule has 3 atom stereocenters. The topological polar surface area (TPSA) is 122 Å². The molecular formula is C30H40ClFN2O8.